The fourth-order valence-corrected chi connectivity index (χ4v) is 3.78. The molecule has 2 aliphatic rings. The summed E-state index contributed by atoms with van der Waals surface area (Å²) in [7, 11) is 3.54. The van der Waals surface area contributed by atoms with Crippen LogP contribution < -0.4 is 4.74 Å². The molecule has 0 N–H and O–H groups in total. The van der Waals surface area contributed by atoms with Gasteiger partial charge in [0.05, 0.1) is 0 Å². The van der Waals surface area contributed by atoms with Gasteiger partial charge in [-0.3, -0.25) is 4.79 Å². The van der Waals surface area contributed by atoms with Gasteiger partial charge in [0, 0.05) is 38.8 Å². The van der Waals surface area contributed by atoms with Crippen molar-refractivity contribution in [2.24, 2.45) is 0 Å². The third-order valence-electron chi connectivity index (χ3n) is 5.11. The average molecular weight is 316 g/mol. The highest BCUT2D eigenvalue weighted by Crippen LogP contribution is 2.27. The van der Waals surface area contributed by atoms with E-state index in [4.69, 9.17) is 4.74 Å². The van der Waals surface area contributed by atoms with E-state index < -0.39 is 0 Å². The SMILES string of the molecule is CN(C)C(=O)c1cccc(OC2CCN(C3CCCC3)CC2)c1. The van der Waals surface area contributed by atoms with E-state index in [1.165, 1.54) is 25.7 Å². The van der Waals surface area contributed by atoms with Crippen LogP contribution in [-0.4, -0.2) is 55.0 Å². The molecule has 1 heterocycles. The van der Waals surface area contributed by atoms with Gasteiger partial charge >= 0.3 is 0 Å². The van der Waals surface area contributed by atoms with E-state index in [0.717, 1.165) is 37.7 Å². The first-order chi connectivity index (χ1) is 11.1. The van der Waals surface area contributed by atoms with E-state index in [1.54, 1.807) is 19.0 Å². The molecule has 0 atom stereocenters. The molecule has 1 saturated heterocycles. The van der Waals surface area contributed by atoms with Gasteiger partial charge in [-0.25, -0.2) is 0 Å². The van der Waals surface area contributed by atoms with Crippen molar-refractivity contribution in [1.29, 1.82) is 0 Å². The first-order valence-corrected chi connectivity index (χ1v) is 8.86. The number of hydrogen-bond acceptors (Lipinski definition) is 3. The lowest BCUT2D eigenvalue weighted by atomic mass is 10.0. The molecule has 0 spiro atoms. The number of hydrogen-bond donors (Lipinski definition) is 0. The van der Waals surface area contributed by atoms with Gasteiger partial charge in [-0.05, 0) is 43.9 Å². The average Bonchev–Trinajstić information content (AvgIpc) is 3.09. The Hall–Kier alpha value is -1.55. The Kier molecular flexibility index (Phi) is 5.21. The zero-order chi connectivity index (χ0) is 16.2. The molecule has 4 nitrogen and oxygen atoms in total. The van der Waals surface area contributed by atoms with Gasteiger partial charge in [0.1, 0.15) is 11.9 Å². The number of rotatable bonds is 4. The second-order valence-electron chi connectivity index (χ2n) is 7.02. The summed E-state index contributed by atoms with van der Waals surface area (Å²) in [4.78, 5) is 16.3. The number of amides is 1. The molecule has 0 aromatic heterocycles. The van der Waals surface area contributed by atoms with Gasteiger partial charge in [0.2, 0.25) is 0 Å². The summed E-state index contributed by atoms with van der Waals surface area (Å²) in [6.45, 7) is 2.29. The molecule has 1 amide bonds. The molecule has 0 bridgehead atoms. The van der Waals surface area contributed by atoms with E-state index in [1.807, 2.05) is 24.3 Å². The van der Waals surface area contributed by atoms with Crippen LogP contribution in [0.4, 0.5) is 0 Å². The predicted molar refractivity (Wildman–Crippen MR) is 91.9 cm³/mol. The van der Waals surface area contributed by atoms with Crippen LogP contribution in [0.15, 0.2) is 24.3 Å². The summed E-state index contributed by atoms with van der Waals surface area (Å²) in [5.74, 6) is 0.837. The van der Waals surface area contributed by atoms with Crippen molar-refractivity contribution < 1.29 is 9.53 Å². The Bertz CT molecular complexity index is 530. The molecule has 1 saturated carbocycles. The second-order valence-corrected chi connectivity index (χ2v) is 7.02. The Morgan fingerprint density at radius 3 is 2.48 bits per heavy atom. The summed E-state index contributed by atoms with van der Waals surface area (Å²) < 4.78 is 6.14. The molecule has 23 heavy (non-hydrogen) atoms. The van der Waals surface area contributed by atoms with E-state index in [-0.39, 0.29) is 12.0 Å². The number of carbonyl (C=O) groups is 1. The van der Waals surface area contributed by atoms with Crippen molar-refractivity contribution in [2.75, 3.05) is 27.2 Å². The van der Waals surface area contributed by atoms with Gasteiger partial charge in [-0.15, -0.1) is 0 Å². The van der Waals surface area contributed by atoms with E-state index in [9.17, 15) is 4.79 Å². The fraction of sp³-hybridized carbons (Fsp3) is 0.632. The van der Waals surface area contributed by atoms with E-state index in [0.29, 0.717) is 5.56 Å². The van der Waals surface area contributed by atoms with Crippen molar-refractivity contribution in [3.05, 3.63) is 29.8 Å². The first-order valence-electron chi connectivity index (χ1n) is 8.86. The quantitative estimate of drug-likeness (QED) is 0.855. The number of carbonyl (C=O) groups excluding carboxylic acids is 1. The zero-order valence-electron chi connectivity index (χ0n) is 14.3. The topological polar surface area (TPSA) is 32.8 Å². The van der Waals surface area contributed by atoms with Crippen LogP contribution in [0.2, 0.25) is 0 Å². The molecule has 3 rings (SSSR count). The smallest absolute Gasteiger partial charge is 0.253 e. The summed E-state index contributed by atoms with van der Waals surface area (Å²) >= 11 is 0. The van der Waals surface area contributed by atoms with Crippen molar-refractivity contribution >= 4 is 5.91 Å². The highest BCUT2D eigenvalue weighted by molar-refractivity contribution is 5.94. The van der Waals surface area contributed by atoms with Crippen molar-refractivity contribution in [3.8, 4) is 5.75 Å². The summed E-state index contributed by atoms with van der Waals surface area (Å²) in [6.07, 6.45) is 7.99. The normalized spacial score (nSPS) is 20.6. The number of benzene rings is 1. The zero-order valence-corrected chi connectivity index (χ0v) is 14.3. The van der Waals surface area contributed by atoms with Gasteiger partial charge < -0.3 is 14.5 Å². The van der Waals surface area contributed by atoms with Crippen LogP contribution in [0.3, 0.4) is 0 Å². The van der Waals surface area contributed by atoms with Crippen molar-refractivity contribution in [1.82, 2.24) is 9.80 Å². The van der Waals surface area contributed by atoms with Crippen LogP contribution in [0.1, 0.15) is 48.9 Å². The monoisotopic (exact) mass is 316 g/mol. The molecule has 2 fully saturated rings. The van der Waals surface area contributed by atoms with Crippen LogP contribution in [0, 0.1) is 0 Å². The minimum atomic E-state index is 0.0199. The largest absolute Gasteiger partial charge is 0.490 e. The number of ether oxygens (including phenoxy) is 1. The maximum Gasteiger partial charge on any atom is 0.253 e. The van der Waals surface area contributed by atoms with E-state index in [2.05, 4.69) is 4.90 Å². The Morgan fingerprint density at radius 1 is 1.13 bits per heavy atom. The van der Waals surface area contributed by atoms with Crippen molar-refractivity contribution in [3.63, 3.8) is 0 Å². The summed E-state index contributed by atoms with van der Waals surface area (Å²) in [5.41, 5.74) is 0.691. The molecular formula is C19H28N2O2. The lowest BCUT2D eigenvalue weighted by molar-refractivity contribution is 0.0761. The molecule has 1 aromatic carbocycles. The lowest BCUT2D eigenvalue weighted by Crippen LogP contribution is -2.43. The molecule has 1 aromatic rings. The molecule has 0 unspecified atom stereocenters. The second kappa shape index (κ2) is 7.35. The Balaban J connectivity index is 1.54. The number of piperidine rings is 1. The van der Waals surface area contributed by atoms with Crippen LogP contribution in [0.5, 0.6) is 5.75 Å². The third kappa shape index (κ3) is 4.05. The maximum absolute atomic E-state index is 12.0. The Labute approximate surface area is 139 Å². The van der Waals surface area contributed by atoms with Gasteiger partial charge in [-0.1, -0.05) is 18.9 Å². The van der Waals surface area contributed by atoms with Crippen LogP contribution >= 0.6 is 0 Å². The van der Waals surface area contributed by atoms with Gasteiger partial charge in [-0.2, -0.15) is 0 Å². The molecular weight excluding hydrogens is 288 g/mol. The third-order valence-corrected chi connectivity index (χ3v) is 5.11. The van der Waals surface area contributed by atoms with Crippen molar-refractivity contribution in [2.45, 2.75) is 50.7 Å². The van der Waals surface area contributed by atoms with Gasteiger partial charge in [0.25, 0.3) is 5.91 Å². The highest BCUT2D eigenvalue weighted by atomic mass is 16.5. The standard InChI is InChI=1S/C19H28N2O2/c1-20(2)19(22)15-6-5-9-18(14-15)23-17-10-12-21(13-11-17)16-7-3-4-8-16/h5-6,9,14,16-17H,3-4,7-8,10-13H2,1-2H3. The van der Waals surface area contributed by atoms with Crippen LogP contribution in [0.25, 0.3) is 0 Å². The molecule has 1 aliphatic carbocycles. The molecule has 4 heteroatoms. The minimum Gasteiger partial charge on any atom is -0.490 e. The maximum atomic E-state index is 12.0. The van der Waals surface area contributed by atoms with E-state index >= 15 is 0 Å². The molecule has 0 radical (unpaired) electrons. The number of likely N-dealkylation sites (tertiary alicyclic amines) is 1. The first kappa shape index (κ1) is 16.3. The van der Waals surface area contributed by atoms with Gasteiger partial charge in [0.15, 0.2) is 0 Å². The number of nitrogens with zero attached hydrogens (tertiary/aromatic N) is 2. The predicted octanol–water partition coefficient (Wildman–Crippen LogP) is 3.17. The van der Waals surface area contributed by atoms with Crippen LogP contribution in [-0.2, 0) is 0 Å². The summed E-state index contributed by atoms with van der Waals surface area (Å²) in [5, 5.41) is 0. The summed E-state index contributed by atoms with van der Waals surface area (Å²) in [6, 6.07) is 8.39. The lowest BCUT2D eigenvalue weighted by Gasteiger charge is -2.36. The Morgan fingerprint density at radius 2 is 1.83 bits per heavy atom. The molecule has 1 aliphatic heterocycles. The minimum absolute atomic E-state index is 0.0199. The fourth-order valence-electron chi connectivity index (χ4n) is 3.78. The highest BCUT2D eigenvalue weighted by Gasteiger charge is 2.27. The molecule has 126 valence electrons.